The van der Waals surface area contributed by atoms with Gasteiger partial charge in [0.15, 0.2) is 11.6 Å². The lowest BCUT2D eigenvalue weighted by molar-refractivity contribution is -0.132. The van der Waals surface area contributed by atoms with Gasteiger partial charge in [0, 0.05) is 25.4 Å². The quantitative estimate of drug-likeness (QED) is 0.531. The van der Waals surface area contributed by atoms with Crippen molar-refractivity contribution in [2.24, 2.45) is 0 Å². The summed E-state index contributed by atoms with van der Waals surface area (Å²) in [5, 5.41) is 3.80. The summed E-state index contributed by atoms with van der Waals surface area (Å²) in [6.45, 7) is 1.25. The van der Waals surface area contributed by atoms with Crippen LogP contribution in [0.3, 0.4) is 0 Å². The van der Waals surface area contributed by atoms with E-state index in [9.17, 15) is 18.0 Å². The maximum atomic E-state index is 13.6. The lowest BCUT2D eigenvalue weighted by Crippen LogP contribution is -2.39. The van der Waals surface area contributed by atoms with E-state index in [1.807, 2.05) is 0 Å². The molecule has 1 atom stereocenters. The van der Waals surface area contributed by atoms with Crippen molar-refractivity contribution in [3.63, 3.8) is 0 Å². The van der Waals surface area contributed by atoms with Gasteiger partial charge in [-0.1, -0.05) is 12.1 Å². The van der Waals surface area contributed by atoms with Gasteiger partial charge in [0.05, 0.1) is 12.3 Å². The molecule has 0 unspecified atom stereocenters. The van der Waals surface area contributed by atoms with E-state index in [-0.39, 0.29) is 42.1 Å². The largest absolute Gasteiger partial charge is 0.491 e. The summed E-state index contributed by atoms with van der Waals surface area (Å²) in [5.41, 5.74) is 0.238. The normalized spacial score (nSPS) is 16.8. The molecule has 0 N–H and O–H groups in total. The number of nitrogens with zero attached hydrogens (tertiary/aromatic N) is 5. The molecule has 3 heterocycles. The predicted octanol–water partition coefficient (Wildman–Crippen LogP) is 3.77. The molecule has 10 heteroatoms. The molecule has 31 heavy (non-hydrogen) atoms. The van der Waals surface area contributed by atoms with E-state index in [0.29, 0.717) is 25.2 Å². The smallest absolute Gasteiger partial charge is 0.280 e. The molecular formula is C21H22F3N5O2. The van der Waals surface area contributed by atoms with E-state index in [2.05, 4.69) is 15.1 Å². The second-order valence-electron chi connectivity index (χ2n) is 7.44. The molecule has 1 saturated heterocycles. The number of halogens is 3. The Hall–Kier alpha value is -3.17. The SMILES string of the molecule is O=C(CCCOc1ccccc1F)N1CCC[C@@H](c2cc(C(F)F)n3ncnc3n2)C1. The number of carbonyl (C=O) groups excluding carboxylic acids is 1. The summed E-state index contributed by atoms with van der Waals surface area (Å²) in [7, 11) is 0. The molecule has 1 aliphatic rings. The van der Waals surface area contributed by atoms with E-state index in [1.54, 1.807) is 23.1 Å². The predicted molar refractivity (Wildman–Crippen MR) is 105 cm³/mol. The summed E-state index contributed by atoms with van der Waals surface area (Å²) in [6.07, 6.45) is 0.708. The maximum Gasteiger partial charge on any atom is 0.280 e. The van der Waals surface area contributed by atoms with Crippen LogP contribution in [0.1, 0.15) is 49.4 Å². The monoisotopic (exact) mass is 433 g/mol. The molecule has 4 rings (SSSR count). The Morgan fingerprint density at radius 2 is 2.13 bits per heavy atom. The molecular weight excluding hydrogens is 411 g/mol. The first-order valence-corrected chi connectivity index (χ1v) is 10.2. The summed E-state index contributed by atoms with van der Waals surface area (Å²) in [6, 6.07) is 7.48. The van der Waals surface area contributed by atoms with Crippen molar-refractivity contribution in [3.05, 3.63) is 53.9 Å². The van der Waals surface area contributed by atoms with Crippen LogP contribution in [0.25, 0.3) is 5.78 Å². The van der Waals surface area contributed by atoms with Crippen molar-refractivity contribution < 1.29 is 22.7 Å². The molecule has 1 aromatic carbocycles. The van der Waals surface area contributed by atoms with Crippen LogP contribution in [-0.2, 0) is 4.79 Å². The Morgan fingerprint density at radius 3 is 2.94 bits per heavy atom. The highest BCUT2D eigenvalue weighted by molar-refractivity contribution is 5.76. The Labute approximate surface area is 176 Å². The number of rotatable bonds is 7. The van der Waals surface area contributed by atoms with Gasteiger partial charge in [-0.2, -0.15) is 14.6 Å². The van der Waals surface area contributed by atoms with Crippen molar-refractivity contribution in [1.82, 2.24) is 24.5 Å². The zero-order valence-corrected chi connectivity index (χ0v) is 16.8. The van der Waals surface area contributed by atoms with E-state index in [1.165, 1.54) is 18.5 Å². The molecule has 1 amide bonds. The molecule has 164 valence electrons. The third-order valence-electron chi connectivity index (χ3n) is 5.34. The first-order chi connectivity index (χ1) is 15.0. The van der Waals surface area contributed by atoms with Crippen molar-refractivity contribution in [2.75, 3.05) is 19.7 Å². The van der Waals surface area contributed by atoms with Crippen molar-refractivity contribution in [1.29, 1.82) is 0 Å². The minimum Gasteiger partial charge on any atom is -0.491 e. The average Bonchev–Trinajstić information content (AvgIpc) is 3.25. The van der Waals surface area contributed by atoms with Crippen LogP contribution >= 0.6 is 0 Å². The number of carbonyl (C=O) groups is 1. The standard InChI is InChI=1S/C21H22F3N5O2/c22-15-6-1-2-7-18(15)31-10-4-8-19(30)28-9-3-5-14(12-28)16-11-17(20(23)24)29-21(27-16)25-13-26-29/h1-2,6-7,11,13-14,20H,3-5,8-10,12H2/t14-/m1/s1. The molecule has 0 spiro atoms. The first-order valence-electron chi connectivity index (χ1n) is 10.2. The Bertz CT molecular complexity index is 1060. The zero-order chi connectivity index (χ0) is 21.8. The fraction of sp³-hybridized carbons (Fsp3) is 0.429. The lowest BCUT2D eigenvalue weighted by atomic mass is 9.94. The molecule has 7 nitrogen and oxygen atoms in total. The van der Waals surface area contributed by atoms with Crippen LogP contribution in [0.2, 0.25) is 0 Å². The van der Waals surface area contributed by atoms with Crippen molar-refractivity contribution >= 4 is 11.7 Å². The van der Waals surface area contributed by atoms with Gasteiger partial charge < -0.3 is 9.64 Å². The number of ether oxygens (including phenoxy) is 1. The minimum atomic E-state index is -2.71. The Morgan fingerprint density at radius 1 is 1.29 bits per heavy atom. The molecule has 0 aliphatic carbocycles. The summed E-state index contributed by atoms with van der Waals surface area (Å²) in [5.74, 6) is -0.335. The number of amides is 1. The van der Waals surface area contributed by atoms with Crippen LogP contribution in [0.5, 0.6) is 5.75 Å². The van der Waals surface area contributed by atoms with E-state index in [0.717, 1.165) is 17.4 Å². The topological polar surface area (TPSA) is 72.6 Å². The fourth-order valence-electron chi connectivity index (χ4n) is 3.79. The highest BCUT2D eigenvalue weighted by Crippen LogP contribution is 2.29. The highest BCUT2D eigenvalue weighted by atomic mass is 19.3. The van der Waals surface area contributed by atoms with Gasteiger partial charge in [-0.15, -0.1) is 0 Å². The molecule has 3 aromatic rings. The Kier molecular flexibility index (Phi) is 6.34. The van der Waals surface area contributed by atoms with Crippen LogP contribution < -0.4 is 4.74 Å². The molecule has 1 aliphatic heterocycles. The first kappa shape index (κ1) is 21.1. The summed E-state index contributed by atoms with van der Waals surface area (Å²) in [4.78, 5) is 22.7. The van der Waals surface area contributed by atoms with Gasteiger partial charge >= 0.3 is 0 Å². The number of para-hydroxylation sites is 1. The van der Waals surface area contributed by atoms with Gasteiger partial charge in [0.2, 0.25) is 5.91 Å². The van der Waals surface area contributed by atoms with Crippen LogP contribution in [0.4, 0.5) is 13.2 Å². The number of piperidine rings is 1. The third-order valence-corrected chi connectivity index (χ3v) is 5.34. The number of hydrogen-bond acceptors (Lipinski definition) is 5. The molecule has 1 fully saturated rings. The zero-order valence-electron chi connectivity index (χ0n) is 16.8. The van der Waals surface area contributed by atoms with Crippen LogP contribution in [0.15, 0.2) is 36.7 Å². The fourth-order valence-corrected chi connectivity index (χ4v) is 3.79. The number of alkyl halides is 2. The molecule has 2 aromatic heterocycles. The van der Waals surface area contributed by atoms with Crippen LogP contribution in [0, 0.1) is 5.82 Å². The number of aromatic nitrogens is 4. The number of benzene rings is 1. The Balaban J connectivity index is 1.35. The summed E-state index contributed by atoms with van der Waals surface area (Å²) >= 11 is 0. The minimum absolute atomic E-state index is 0.0422. The number of fused-ring (bicyclic) bond motifs is 1. The second kappa shape index (κ2) is 9.32. The van der Waals surface area contributed by atoms with E-state index in [4.69, 9.17) is 4.74 Å². The average molecular weight is 433 g/mol. The van der Waals surface area contributed by atoms with Gasteiger partial charge in [0.1, 0.15) is 12.0 Å². The van der Waals surface area contributed by atoms with Gasteiger partial charge in [0.25, 0.3) is 12.2 Å². The second-order valence-corrected chi connectivity index (χ2v) is 7.44. The molecule has 0 radical (unpaired) electrons. The number of likely N-dealkylation sites (tertiary alicyclic amines) is 1. The third kappa shape index (κ3) is 4.78. The highest BCUT2D eigenvalue weighted by Gasteiger charge is 2.27. The van der Waals surface area contributed by atoms with E-state index >= 15 is 0 Å². The van der Waals surface area contributed by atoms with Crippen molar-refractivity contribution in [3.8, 4) is 5.75 Å². The van der Waals surface area contributed by atoms with Gasteiger partial charge in [-0.25, -0.2) is 18.2 Å². The van der Waals surface area contributed by atoms with Gasteiger partial charge in [-0.05, 0) is 37.5 Å². The lowest BCUT2D eigenvalue weighted by Gasteiger charge is -2.32. The maximum absolute atomic E-state index is 13.6. The molecule has 0 bridgehead atoms. The van der Waals surface area contributed by atoms with Gasteiger partial charge in [-0.3, -0.25) is 4.79 Å². The number of hydrogen-bond donors (Lipinski definition) is 0. The molecule has 0 saturated carbocycles. The van der Waals surface area contributed by atoms with Crippen molar-refractivity contribution in [2.45, 2.75) is 38.0 Å². The van der Waals surface area contributed by atoms with E-state index < -0.39 is 12.2 Å². The van der Waals surface area contributed by atoms with Crippen LogP contribution in [-0.4, -0.2) is 50.1 Å². The summed E-state index contributed by atoms with van der Waals surface area (Å²) < 4.78 is 46.9.